The van der Waals surface area contributed by atoms with E-state index in [1.807, 2.05) is 0 Å². The zero-order valence-electron chi connectivity index (χ0n) is 16.5. The summed E-state index contributed by atoms with van der Waals surface area (Å²) in [5.74, 6) is 0.863. The maximum atomic E-state index is 2.83. The maximum absolute atomic E-state index is 2.83. The molecule has 1 aliphatic heterocycles. The molecule has 2 fully saturated rings. The quantitative estimate of drug-likeness (QED) is 0.483. The van der Waals surface area contributed by atoms with Crippen molar-refractivity contribution in [2.24, 2.45) is 5.92 Å². The molecule has 1 unspecified atom stereocenters. The number of likely N-dealkylation sites (N-methyl/N-ethyl adjacent to an activating group) is 1. The first kappa shape index (κ1) is 21.2. The summed E-state index contributed by atoms with van der Waals surface area (Å²) >= 11 is 0. The first-order valence-corrected chi connectivity index (χ1v) is 10.3. The molecule has 1 aliphatic carbocycles. The number of rotatable bonds is 5. The summed E-state index contributed by atoms with van der Waals surface area (Å²) < 4.78 is 1.31. The molecule has 3 heteroatoms. The highest BCUT2D eigenvalue weighted by Crippen LogP contribution is 2.39. The highest BCUT2D eigenvalue weighted by Gasteiger charge is 2.38. The van der Waals surface area contributed by atoms with Gasteiger partial charge in [-0.2, -0.15) is 0 Å². The Balaban J connectivity index is 0.00000225. The normalized spacial score (nSPS) is 23.2. The Bertz CT molecular complexity index is 488. The van der Waals surface area contributed by atoms with Crippen LogP contribution in [0.5, 0.6) is 0 Å². The van der Waals surface area contributed by atoms with Gasteiger partial charge in [-0.05, 0) is 45.1 Å². The standard InChI is InChI=1S/C22H37N2.HI/c1-4-24(19(2)3)17-15-23(16-18-24)22(20-11-7-5-8-12-20)21-13-9-6-10-14-21;/h5,7-8,11-12,19,21-22H,4,6,9-10,13-18H2,1-3H3;1H/q+1;/p-1. The van der Waals surface area contributed by atoms with Gasteiger partial charge in [0.05, 0.1) is 25.7 Å². The van der Waals surface area contributed by atoms with E-state index in [9.17, 15) is 0 Å². The van der Waals surface area contributed by atoms with E-state index in [0.717, 1.165) is 12.0 Å². The summed E-state index contributed by atoms with van der Waals surface area (Å²) in [6.45, 7) is 13.7. The molecular weight excluding hydrogens is 419 g/mol. The zero-order valence-corrected chi connectivity index (χ0v) is 18.6. The van der Waals surface area contributed by atoms with Crippen LogP contribution in [0.4, 0.5) is 0 Å². The van der Waals surface area contributed by atoms with Crippen molar-refractivity contribution in [3.63, 3.8) is 0 Å². The van der Waals surface area contributed by atoms with E-state index >= 15 is 0 Å². The smallest absolute Gasteiger partial charge is 0.0918 e. The van der Waals surface area contributed by atoms with Crippen molar-refractivity contribution < 1.29 is 28.5 Å². The third kappa shape index (κ3) is 4.78. The van der Waals surface area contributed by atoms with Crippen LogP contribution in [0.15, 0.2) is 30.3 Å². The maximum Gasteiger partial charge on any atom is 0.0918 e. The molecule has 0 amide bonds. The molecule has 0 N–H and O–H groups in total. The molecule has 0 bridgehead atoms. The number of benzene rings is 1. The second kappa shape index (κ2) is 9.70. The monoisotopic (exact) mass is 456 g/mol. The van der Waals surface area contributed by atoms with Crippen molar-refractivity contribution in [2.75, 3.05) is 32.7 Å². The minimum absolute atomic E-state index is 0. The van der Waals surface area contributed by atoms with Gasteiger partial charge in [0.25, 0.3) is 0 Å². The van der Waals surface area contributed by atoms with E-state index in [2.05, 4.69) is 56.0 Å². The molecule has 2 aliphatic rings. The lowest BCUT2D eigenvalue weighted by atomic mass is 9.80. The molecule has 2 nitrogen and oxygen atoms in total. The molecule has 1 heterocycles. The van der Waals surface area contributed by atoms with Crippen LogP contribution in [0.3, 0.4) is 0 Å². The fourth-order valence-corrected chi connectivity index (χ4v) is 5.24. The number of piperazine rings is 1. The van der Waals surface area contributed by atoms with Gasteiger partial charge in [0, 0.05) is 19.1 Å². The second-order valence-corrected chi connectivity index (χ2v) is 8.37. The number of halogens is 1. The lowest BCUT2D eigenvalue weighted by Gasteiger charge is -2.50. The topological polar surface area (TPSA) is 3.24 Å². The van der Waals surface area contributed by atoms with Gasteiger partial charge in [0.2, 0.25) is 0 Å². The van der Waals surface area contributed by atoms with E-state index in [0.29, 0.717) is 6.04 Å². The van der Waals surface area contributed by atoms with Crippen LogP contribution in [0, 0.1) is 5.92 Å². The van der Waals surface area contributed by atoms with E-state index in [1.54, 1.807) is 5.56 Å². The Morgan fingerprint density at radius 1 is 1.00 bits per heavy atom. The SMILES string of the molecule is CC[N+]1(C(C)C)CCN(C(c2ccccc2)C2CCCCC2)CC1.[I-]. The predicted octanol–water partition coefficient (Wildman–Crippen LogP) is 1.87. The van der Waals surface area contributed by atoms with Gasteiger partial charge in [-0.25, -0.2) is 0 Å². The van der Waals surface area contributed by atoms with Crippen molar-refractivity contribution >= 4 is 0 Å². The van der Waals surface area contributed by atoms with Crippen LogP contribution in [0.1, 0.15) is 64.5 Å². The van der Waals surface area contributed by atoms with Crippen molar-refractivity contribution in [1.82, 2.24) is 4.90 Å². The average Bonchev–Trinajstić information content (AvgIpc) is 2.64. The number of hydrogen-bond acceptors (Lipinski definition) is 1. The van der Waals surface area contributed by atoms with Gasteiger partial charge in [-0.15, -0.1) is 0 Å². The van der Waals surface area contributed by atoms with Gasteiger partial charge in [-0.3, -0.25) is 4.90 Å². The molecule has 1 saturated heterocycles. The first-order valence-electron chi connectivity index (χ1n) is 10.3. The van der Waals surface area contributed by atoms with Crippen molar-refractivity contribution in [1.29, 1.82) is 0 Å². The van der Waals surface area contributed by atoms with Gasteiger partial charge >= 0.3 is 0 Å². The van der Waals surface area contributed by atoms with Crippen molar-refractivity contribution in [3.05, 3.63) is 35.9 Å². The predicted molar refractivity (Wildman–Crippen MR) is 103 cm³/mol. The molecule has 1 atom stereocenters. The molecule has 25 heavy (non-hydrogen) atoms. The summed E-state index contributed by atoms with van der Waals surface area (Å²) in [5.41, 5.74) is 1.56. The van der Waals surface area contributed by atoms with Gasteiger partial charge in [-0.1, -0.05) is 49.6 Å². The van der Waals surface area contributed by atoms with Crippen molar-refractivity contribution in [2.45, 2.75) is 65.0 Å². The largest absolute Gasteiger partial charge is 1.00 e. The first-order chi connectivity index (χ1) is 11.7. The molecule has 1 saturated carbocycles. The molecule has 3 rings (SSSR count). The van der Waals surface area contributed by atoms with Gasteiger partial charge in [0.15, 0.2) is 0 Å². The number of quaternary nitrogens is 1. The Hall–Kier alpha value is -0.130. The average molecular weight is 456 g/mol. The Morgan fingerprint density at radius 2 is 1.60 bits per heavy atom. The minimum atomic E-state index is 0. The summed E-state index contributed by atoms with van der Waals surface area (Å²) in [6, 6.07) is 12.8. The lowest BCUT2D eigenvalue weighted by Crippen LogP contribution is -3.00. The lowest BCUT2D eigenvalue weighted by molar-refractivity contribution is -0.950. The fraction of sp³-hybridized carbons (Fsp3) is 0.727. The summed E-state index contributed by atoms with van der Waals surface area (Å²) in [7, 11) is 0. The van der Waals surface area contributed by atoms with Crippen LogP contribution >= 0.6 is 0 Å². The molecule has 1 aromatic rings. The van der Waals surface area contributed by atoms with Crippen LogP contribution < -0.4 is 24.0 Å². The Labute approximate surface area is 172 Å². The fourth-order valence-electron chi connectivity index (χ4n) is 5.24. The Morgan fingerprint density at radius 3 is 2.12 bits per heavy atom. The second-order valence-electron chi connectivity index (χ2n) is 8.37. The molecule has 0 spiro atoms. The number of hydrogen-bond donors (Lipinski definition) is 0. The van der Waals surface area contributed by atoms with Crippen molar-refractivity contribution in [3.8, 4) is 0 Å². The van der Waals surface area contributed by atoms with Crippen LogP contribution in [-0.2, 0) is 0 Å². The highest BCUT2D eigenvalue weighted by molar-refractivity contribution is 5.20. The van der Waals surface area contributed by atoms with E-state index in [4.69, 9.17) is 0 Å². The van der Waals surface area contributed by atoms with Gasteiger partial charge in [0.1, 0.15) is 0 Å². The van der Waals surface area contributed by atoms with E-state index in [1.165, 1.54) is 69.3 Å². The molecule has 0 radical (unpaired) electrons. The van der Waals surface area contributed by atoms with E-state index < -0.39 is 0 Å². The third-order valence-corrected chi connectivity index (χ3v) is 7.02. The molecular formula is C22H37IN2. The minimum Gasteiger partial charge on any atom is -1.00 e. The zero-order chi connectivity index (χ0) is 17.0. The van der Waals surface area contributed by atoms with E-state index in [-0.39, 0.29) is 24.0 Å². The van der Waals surface area contributed by atoms with Crippen LogP contribution in [0.25, 0.3) is 0 Å². The summed E-state index contributed by atoms with van der Waals surface area (Å²) in [6.07, 6.45) is 7.16. The van der Waals surface area contributed by atoms with Crippen LogP contribution in [0.2, 0.25) is 0 Å². The highest BCUT2D eigenvalue weighted by atomic mass is 127. The molecule has 142 valence electrons. The third-order valence-electron chi connectivity index (χ3n) is 7.02. The summed E-state index contributed by atoms with van der Waals surface area (Å²) in [5, 5.41) is 0. The van der Waals surface area contributed by atoms with Gasteiger partial charge < -0.3 is 28.5 Å². The Kier molecular flexibility index (Phi) is 8.22. The van der Waals surface area contributed by atoms with Crippen LogP contribution in [-0.4, -0.2) is 48.1 Å². The molecule has 0 aromatic heterocycles. The number of nitrogens with zero attached hydrogens (tertiary/aromatic N) is 2. The summed E-state index contributed by atoms with van der Waals surface area (Å²) in [4.78, 5) is 2.83. The molecule has 1 aromatic carbocycles.